The molecule has 4 aliphatic heterocycles. The Hall–Kier alpha value is -3.74. The van der Waals surface area contributed by atoms with E-state index in [1.165, 1.54) is 24.4 Å². The molecule has 9 nitrogen and oxygen atoms in total. The van der Waals surface area contributed by atoms with Crippen molar-refractivity contribution >= 4 is 27.5 Å². The van der Waals surface area contributed by atoms with Crippen LogP contribution in [0.15, 0.2) is 30.5 Å². The zero-order valence-corrected chi connectivity index (χ0v) is 25.6. The molecule has 2 bridgehead atoms. The number of phenols is 1. The lowest BCUT2D eigenvalue weighted by atomic mass is 9.85. The lowest BCUT2D eigenvalue weighted by Gasteiger charge is -2.45. The lowest BCUT2D eigenvalue weighted by Crippen LogP contribution is -2.55. The summed E-state index contributed by atoms with van der Waals surface area (Å²) in [5.74, 6) is -1.15. The SMILES string of the molecule is CCc1c(F)ccc2cc(O)cc(-c3ncc4c(N5CC6COCC(C5)C6O)nc(OCC56CCCN5C[C@H](F)C6)nc4c3F)c12. The van der Waals surface area contributed by atoms with Crippen molar-refractivity contribution in [2.75, 3.05) is 50.9 Å². The van der Waals surface area contributed by atoms with E-state index in [-0.39, 0.29) is 47.0 Å². The summed E-state index contributed by atoms with van der Waals surface area (Å²) in [7, 11) is 0. The van der Waals surface area contributed by atoms with Crippen molar-refractivity contribution in [3.8, 4) is 23.0 Å². The highest BCUT2D eigenvalue weighted by Gasteiger charge is 2.49. The van der Waals surface area contributed by atoms with E-state index in [1.807, 2.05) is 11.8 Å². The molecule has 4 aliphatic rings. The van der Waals surface area contributed by atoms with Gasteiger partial charge in [0.1, 0.15) is 41.4 Å². The summed E-state index contributed by atoms with van der Waals surface area (Å²) in [4.78, 5) is 18.0. The van der Waals surface area contributed by atoms with Crippen molar-refractivity contribution in [3.63, 3.8) is 0 Å². The number of hydrogen-bond donors (Lipinski definition) is 2. The highest BCUT2D eigenvalue weighted by molar-refractivity contribution is 6.01. The predicted octanol–water partition coefficient (Wildman–Crippen LogP) is 4.79. The lowest BCUT2D eigenvalue weighted by molar-refractivity contribution is -0.0870. The molecule has 0 aliphatic carbocycles. The van der Waals surface area contributed by atoms with Gasteiger partial charge in [0.2, 0.25) is 0 Å². The number of alkyl halides is 1. The van der Waals surface area contributed by atoms with Crippen LogP contribution in [-0.2, 0) is 11.2 Å². The van der Waals surface area contributed by atoms with Gasteiger partial charge in [-0.2, -0.15) is 9.97 Å². The molecule has 4 aromatic rings. The zero-order valence-electron chi connectivity index (χ0n) is 25.6. The van der Waals surface area contributed by atoms with Crippen molar-refractivity contribution < 1.29 is 32.9 Å². The number of pyridine rings is 1. The predicted molar refractivity (Wildman–Crippen MR) is 166 cm³/mol. The number of aryl methyl sites for hydroxylation is 1. The second-order valence-corrected chi connectivity index (χ2v) is 13.3. The normalized spacial score (nSPS) is 27.9. The molecule has 0 spiro atoms. The van der Waals surface area contributed by atoms with E-state index in [0.717, 1.165) is 19.4 Å². The van der Waals surface area contributed by atoms with Crippen LogP contribution in [0.5, 0.6) is 11.8 Å². The van der Waals surface area contributed by atoms with Gasteiger partial charge in [-0.05, 0) is 60.3 Å². The number of aliphatic hydroxyl groups is 1. The van der Waals surface area contributed by atoms with Crippen LogP contribution in [0.25, 0.3) is 32.9 Å². The molecule has 3 unspecified atom stereocenters. The summed E-state index contributed by atoms with van der Waals surface area (Å²) in [6.45, 7) is 4.84. The minimum Gasteiger partial charge on any atom is -0.508 e. The molecule has 2 aromatic carbocycles. The highest BCUT2D eigenvalue weighted by atomic mass is 19.1. The average Bonchev–Trinajstić information content (AvgIpc) is 3.55. The van der Waals surface area contributed by atoms with E-state index in [9.17, 15) is 19.0 Å². The Morgan fingerprint density at radius 3 is 2.70 bits per heavy atom. The van der Waals surface area contributed by atoms with Gasteiger partial charge >= 0.3 is 6.01 Å². The fourth-order valence-corrected chi connectivity index (χ4v) is 8.28. The molecule has 4 saturated heterocycles. The number of rotatable bonds is 6. The van der Waals surface area contributed by atoms with Gasteiger partial charge in [-0.15, -0.1) is 0 Å². The van der Waals surface area contributed by atoms with Crippen molar-refractivity contribution in [2.24, 2.45) is 11.8 Å². The first kappa shape index (κ1) is 29.6. The van der Waals surface area contributed by atoms with Gasteiger partial charge in [0.05, 0.1) is 30.2 Å². The molecule has 8 rings (SSSR count). The van der Waals surface area contributed by atoms with Crippen molar-refractivity contribution in [2.45, 2.75) is 50.4 Å². The number of nitrogens with zero attached hydrogens (tertiary/aromatic N) is 5. The van der Waals surface area contributed by atoms with Crippen LogP contribution in [0.2, 0.25) is 0 Å². The molecule has 2 N–H and O–H groups in total. The number of fused-ring (bicyclic) bond motifs is 5. The molecule has 0 radical (unpaired) electrons. The van der Waals surface area contributed by atoms with Crippen LogP contribution in [0, 0.1) is 23.5 Å². The number of ether oxygens (including phenoxy) is 2. The Labute approximate surface area is 264 Å². The summed E-state index contributed by atoms with van der Waals surface area (Å²) in [5, 5.41) is 22.8. The van der Waals surface area contributed by atoms with E-state index in [4.69, 9.17) is 14.5 Å². The van der Waals surface area contributed by atoms with Gasteiger partial charge < -0.3 is 24.6 Å². The fraction of sp³-hybridized carbons (Fsp3) is 0.500. The van der Waals surface area contributed by atoms with E-state index in [2.05, 4.69) is 14.9 Å². The summed E-state index contributed by atoms with van der Waals surface area (Å²) in [6, 6.07) is 5.78. The minimum absolute atomic E-state index is 0.0287. The number of benzene rings is 2. The monoisotopic (exact) mass is 635 g/mol. The van der Waals surface area contributed by atoms with Crippen LogP contribution >= 0.6 is 0 Å². The Morgan fingerprint density at radius 2 is 1.91 bits per heavy atom. The number of anilines is 1. The maximum absolute atomic E-state index is 16.9. The maximum Gasteiger partial charge on any atom is 0.319 e. The summed E-state index contributed by atoms with van der Waals surface area (Å²) in [6.07, 6.45) is 2.53. The van der Waals surface area contributed by atoms with Crippen molar-refractivity contribution in [3.05, 3.63) is 47.7 Å². The highest BCUT2D eigenvalue weighted by Crippen LogP contribution is 2.42. The molecule has 6 heterocycles. The van der Waals surface area contributed by atoms with Gasteiger partial charge in [-0.25, -0.2) is 13.2 Å². The topological polar surface area (TPSA) is 104 Å². The van der Waals surface area contributed by atoms with Gasteiger partial charge in [0, 0.05) is 49.7 Å². The van der Waals surface area contributed by atoms with Gasteiger partial charge in [-0.3, -0.25) is 9.88 Å². The molecule has 242 valence electrons. The minimum atomic E-state index is -0.931. The average molecular weight is 636 g/mol. The first-order valence-corrected chi connectivity index (χ1v) is 16.1. The quantitative estimate of drug-likeness (QED) is 0.310. The molecule has 2 aromatic heterocycles. The Kier molecular flexibility index (Phi) is 7.22. The van der Waals surface area contributed by atoms with Crippen LogP contribution in [0.4, 0.5) is 19.0 Å². The summed E-state index contributed by atoms with van der Waals surface area (Å²) in [5.41, 5.74) is 0.0794. The summed E-state index contributed by atoms with van der Waals surface area (Å²) >= 11 is 0. The third kappa shape index (κ3) is 4.75. The fourth-order valence-electron chi connectivity index (χ4n) is 8.28. The van der Waals surface area contributed by atoms with Crippen LogP contribution < -0.4 is 9.64 Å². The zero-order chi connectivity index (χ0) is 31.7. The number of piperidine rings is 1. The standard InChI is InChI=1S/C34H36F3N5O4/c1-2-23-26(36)5-4-18-8-22(43)9-24(27(18)23)29-28(37)30-25(11-38-29)32(41-12-19-15-45-16-20(13-41)31(19)44)40-33(39-30)46-17-34-6-3-7-42(34)14-21(35)10-34/h4-5,8-9,11,19-21,31,43-44H,2-3,6-7,10,12-17H2,1H3/t19?,20?,21-,31?,34?/m1/s1. The van der Waals surface area contributed by atoms with Gasteiger partial charge in [0.25, 0.3) is 0 Å². The summed E-state index contributed by atoms with van der Waals surface area (Å²) < 4.78 is 58.2. The number of aliphatic hydroxyl groups excluding tert-OH is 1. The number of aromatic hydroxyl groups is 1. The van der Waals surface area contributed by atoms with Crippen LogP contribution in [0.3, 0.4) is 0 Å². The van der Waals surface area contributed by atoms with E-state index in [0.29, 0.717) is 73.2 Å². The molecule has 0 saturated carbocycles. The van der Waals surface area contributed by atoms with E-state index in [1.54, 1.807) is 6.07 Å². The molecular formula is C34H36F3N5O4. The Morgan fingerprint density at radius 1 is 1.11 bits per heavy atom. The third-order valence-corrected chi connectivity index (χ3v) is 10.5. The van der Waals surface area contributed by atoms with E-state index < -0.39 is 29.4 Å². The molecular weight excluding hydrogens is 599 g/mol. The van der Waals surface area contributed by atoms with Crippen LogP contribution in [0.1, 0.15) is 31.7 Å². The van der Waals surface area contributed by atoms with Crippen LogP contribution in [-0.4, -0.2) is 93.9 Å². The van der Waals surface area contributed by atoms with Gasteiger partial charge in [0.15, 0.2) is 5.82 Å². The second kappa shape index (κ2) is 11.2. The third-order valence-electron chi connectivity index (χ3n) is 10.5. The molecule has 4 atom stereocenters. The van der Waals surface area contributed by atoms with Crippen molar-refractivity contribution in [1.29, 1.82) is 0 Å². The Balaban J connectivity index is 1.27. The Bertz CT molecular complexity index is 1830. The smallest absolute Gasteiger partial charge is 0.319 e. The first-order chi connectivity index (χ1) is 22.2. The number of aromatic nitrogens is 3. The molecule has 4 fully saturated rings. The largest absolute Gasteiger partial charge is 0.508 e. The second-order valence-electron chi connectivity index (χ2n) is 13.3. The number of hydrogen-bond acceptors (Lipinski definition) is 9. The first-order valence-electron chi connectivity index (χ1n) is 16.1. The maximum atomic E-state index is 16.9. The molecule has 46 heavy (non-hydrogen) atoms. The molecule has 0 amide bonds. The molecule has 12 heteroatoms. The van der Waals surface area contributed by atoms with Gasteiger partial charge in [-0.1, -0.05) is 13.0 Å². The van der Waals surface area contributed by atoms with Crippen molar-refractivity contribution in [1.82, 2.24) is 19.9 Å². The number of halogens is 3. The van der Waals surface area contributed by atoms with E-state index >= 15 is 4.39 Å². The number of phenolic OH excluding ortho intramolecular Hbond substituents is 1.